The van der Waals surface area contributed by atoms with Crippen molar-refractivity contribution in [1.82, 2.24) is 9.88 Å². The van der Waals surface area contributed by atoms with Crippen LogP contribution < -0.4 is 0 Å². The second-order valence-electron chi connectivity index (χ2n) is 5.27. The molecule has 22 heavy (non-hydrogen) atoms. The minimum atomic E-state index is -0.487. The summed E-state index contributed by atoms with van der Waals surface area (Å²) in [5.74, 6) is -0.414. The van der Waals surface area contributed by atoms with Crippen LogP contribution in [0.2, 0.25) is 0 Å². The summed E-state index contributed by atoms with van der Waals surface area (Å²) in [5.41, 5.74) is 1.84. The minimum absolute atomic E-state index is 0.155. The number of ether oxygens (including phenoxy) is 1. The van der Waals surface area contributed by atoms with Gasteiger partial charge in [0.15, 0.2) is 0 Å². The maximum atomic E-state index is 12.4. The highest BCUT2D eigenvalue weighted by molar-refractivity contribution is 5.95. The Morgan fingerprint density at radius 1 is 1.14 bits per heavy atom. The summed E-state index contributed by atoms with van der Waals surface area (Å²) in [6.07, 6.45) is 0. The van der Waals surface area contributed by atoms with E-state index in [9.17, 15) is 9.59 Å². The van der Waals surface area contributed by atoms with Gasteiger partial charge in [0, 0.05) is 13.6 Å². The van der Waals surface area contributed by atoms with Crippen molar-refractivity contribution >= 4 is 11.9 Å². The molecule has 1 aromatic heterocycles. The average molecular weight is 300 g/mol. The van der Waals surface area contributed by atoms with Crippen molar-refractivity contribution in [2.45, 2.75) is 12.8 Å². The van der Waals surface area contributed by atoms with Crippen molar-refractivity contribution in [3.8, 4) is 0 Å². The Balaban J connectivity index is 2.03. The van der Waals surface area contributed by atoms with Crippen molar-refractivity contribution in [3.63, 3.8) is 0 Å². The van der Waals surface area contributed by atoms with Gasteiger partial charge in [0.1, 0.15) is 11.4 Å². The first kappa shape index (κ1) is 15.8. The van der Waals surface area contributed by atoms with Crippen LogP contribution in [0.5, 0.6) is 0 Å². The van der Waals surface area contributed by atoms with Crippen LogP contribution in [-0.2, 0) is 4.74 Å². The lowest BCUT2D eigenvalue weighted by Crippen LogP contribution is -2.30. The van der Waals surface area contributed by atoms with Crippen LogP contribution in [0, 0.1) is 0 Å². The van der Waals surface area contributed by atoms with Gasteiger partial charge >= 0.3 is 5.97 Å². The van der Waals surface area contributed by atoms with Crippen molar-refractivity contribution < 1.29 is 14.3 Å². The van der Waals surface area contributed by atoms with Gasteiger partial charge in [-0.1, -0.05) is 37.3 Å². The molecule has 0 unspecified atom stereocenters. The smallest absolute Gasteiger partial charge is 0.354 e. The highest BCUT2D eigenvalue weighted by Crippen LogP contribution is 2.16. The second-order valence-corrected chi connectivity index (χ2v) is 5.27. The lowest BCUT2D eigenvalue weighted by molar-refractivity contribution is 0.0594. The van der Waals surface area contributed by atoms with Crippen molar-refractivity contribution in [2.75, 3.05) is 20.7 Å². The highest BCUT2D eigenvalue weighted by Gasteiger charge is 2.18. The summed E-state index contributed by atoms with van der Waals surface area (Å²) in [7, 11) is 3.05. The molecule has 1 aromatic carbocycles. The molecule has 5 nitrogen and oxygen atoms in total. The Kier molecular flexibility index (Phi) is 4.99. The van der Waals surface area contributed by atoms with Crippen molar-refractivity contribution in [2.24, 2.45) is 0 Å². The van der Waals surface area contributed by atoms with E-state index in [1.54, 1.807) is 24.1 Å². The molecule has 0 spiro atoms. The van der Waals surface area contributed by atoms with Gasteiger partial charge in [-0.3, -0.25) is 4.79 Å². The lowest BCUT2D eigenvalue weighted by Gasteiger charge is -2.21. The summed E-state index contributed by atoms with van der Waals surface area (Å²) >= 11 is 0. The van der Waals surface area contributed by atoms with E-state index in [0.29, 0.717) is 12.2 Å². The van der Waals surface area contributed by atoms with Gasteiger partial charge in [0.2, 0.25) is 0 Å². The van der Waals surface area contributed by atoms with Crippen LogP contribution >= 0.6 is 0 Å². The number of likely N-dealkylation sites (N-methyl/N-ethyl adjacent to an activating group) is 1. The molecule has 0 bridgehead atoms. The fourth-order valence-electron chi connectivity index (χ4n) is 2.34. The number of nitrogens with one attached hydrogen (secondary N) is 1. The molecule has 0 radical (unpaired) electrons. The van der Waals surface area contributed by atoms with Crippen LogP contribution in [0.1, 0.15) is 39.4 Å². The van der Waals surface area contributed by atoms with E-state index in [1.807, 2.05) is 30.3 Å². The zero-order chi connectivity index (χ0) is 16.1. The molecule has 2 rings (SSSR count). The van der Waals surface area contributed by atoms with E-state index in [1.165, 1.54) is 12.7 Å². The summed E-state index contributed by atoms with van der Waals surface area (Å²) in [4.78, 5) is 28.2. The molecule has 2 aromatic rings. The van der Waals surface area contributed by atoms with Gasteiger partial charge < -0.3 is 14.6 Å². The van der Waals surface area contributed by atoms with Gasteiger partial charge in [-0.05, 0) is 23.6 Å². The molecule has 0 saturated heterocycles. The molecule has 0 aliphatic rings. The van der Waals surface area contributed by atoms with Crippen LogP contribution in [0.4, 0.5) is 0 Å². The molecule has 1 atom stereocenters. The number of carbonyl (C=O) groups is 2. The molecular formula is C17H20N2O3. The standard InChI is InChI=1S/C17H20N2O3/c1-12(13-7-5-4-6-8-13)11-19(2)16(20)14-9-10-15(18-14)17(21)22-3/h4-10,12,18H,11H2,1-3H3/t12-/m0/s1. The number of carbonyl (C=O) groups excluding carboxylic acids is 2. The van der Waals surface area contributed by atoms with Crippen LogP contribution in [-0.4, -0.2) is 42.5 Å². The lowest BCUT2D eigenvalue weighted by atomic mass is 10.0. The third-order valence-electron chi connectivity index (χ3n) is 3.58. The average Bonchev–Trinajstić information content (AvgIpc) is 3.04. The van der Waals surface area contributed by atoms with Gasteiger partial charge in [0.25, 0.3) is 5.91 Å². The second kappa shape index (κ2) is 6.93. The first-order chi connectivity index (χ1) is 10.5. The predicted octanol–water partition coefficient (Wildman–Crippen LogP) is 2.68. The largest absolute Gasteiger partial charge is 0.464 e. The Bertz CT molecular complexity index is 649. The molecule has 1 amide bonds. The Morgan fingerprint density at radius 2 is 1.77 bits per heavy atom. The molecule has 1 N–H and O–H groups in total. The van der Waals surface area contributed by atoms with Gasteiger partial charge in [0.05, 0.1) is 7.11 Å². The molecule has 5 heteroatoms. The molecule has 1 heterocycles. The van der Waals surface area contributed by atoms with Crippen molar-refractivity contribution in [1.29, 1.82) is 0 Å². The van der Waals surface area contributed by atoms with Crippen LogP contribution in [0.3, 0.4) is 0 Å². The number of benzene rings is 1. The minimum Gasteiger partial charge on any atom is -0.464 e. The van der Waals surface area contributed by atoms with E-state index in [2.05, 4.69) is 16.6 Å². The van der Waals surface area contributed by atoms with Gasteiger partial charge in [-0.15, -0.1) is 0 Å². The summed E-state index contributed by atoms with van der Waals surface area (Å²) < 4.78 is 4.62. The zero-order valence-corrected chi connectivity index (χ0v) is 13.0. The highest BCUT2D eigenvalue weighted by atomic mass is 16.5. The number of H-pyrrole nitrogens is 1. The zero-order valence-electron chi connectivity index (χ0n) is 13.0. The monoisotopic (exact) mass is 300 g/mol. The maximum absolute atomic E-state index is 12.4. The number of hydrogen-bond acceptors (Lipinski definition) is 3. The number of aromatic nitrogens is 1. The van der Waals surface area contributed by atoms with Crippen molar-refractivity contribution in [3.05, 3.63) is 59.4 Å². The summed E-state index contributed by atoms with van der Waals surface area (Å²) in [6.45, 7) is 2.67. The van der Waals surface area contributed by atoms with E-state index < -0.39 is 5.97 Å². The Hall–Kier alpha value is -2.56. The number of rotatable bonds is 5. The fraction of sp³-hybridized carbons (Fsp3) is 0.294. The topological polar surface area (TPSA) is 62.4 Å². The Labute approximate surface area is 129 Å². The third-order valence-corrected chi connectivity index (χ3v) is 3.58. The van der Waals surface area contributed by atoms with Crippen LogP contribution in [0.15, 0.2) is 42.5 Å². The maximum Gasteiger partial charge on any atom is 0.354 e. The number of methoxy groups -OCH3 is 1. The predicted molar refractivity (Wildman–Crippen MR) is 83.9 cm³/mol. The number of esters is 1. The molecule has 116 valence electrons. The first-order valence-corrected chi connectivity index (χ1v) is 7.10. The molecule has 0 aliphatic heterocycles. The summed E-state index contributed by atoms with van der Waals surface area (Å²) in [6, 6.07) is 13.2. The van der Waals surface area contributed by atoms with E-state index in [4.69, 9.17) is 0 Å². The summed E-state index contributed by atoms with van der Waals surface area (Å²) in [5, 5.41) is 0. The molecular weight excluding hydrogens is 280 g/mol. The number of aromatic amines is 1. The van der Waals surface area contributed by atoms with E-state index >= 15 is 0 Å². The third kappa shape index (κ3) is 3.55. The SMILES string of the molecule is COC(=O)c1ccc(C(=O)N(C)C[C@H](C)c2ccccc2)[nH]1. The fourth-order valence-corrected chi connectivity index (χ4v) is 2.34. The number of nitrogens with zero attached hydrogens (tertiary/aromatic N) is 1. The van der Waals surface area contributed by atoms with Gasteiger partial charge in [-0.2, -0.15) is 0 Å². The molecule has 0 aliphatic carbocycles. The molecule has 0 saturated carbocycles. The number of hydrogen-bond donors (Lipinski definition) is 1. The van der Waals surface area contributed by atoms with E-state index in [-0.39, 0.29) is 17.5 Å². The Morgan fingerprint density at radius 3 is 2.41 bits per heavy atom. The van der Waals surface area contributed by atoms with Crippen LogP contribution in [0.25, 0.3) is 0 Å². The normalized spacial score (nSPS) is 11.8. The first-order valence-electron chi connectivity index (χ1n) is 7.10. The quantitative estimate of drug-likeness (QED) is 0.864. The molecule has 0 fully saturated rings. The number of amides is 1. The van der Waals surface area contributed by atoms with E-state index in [0.717, 1.165) is 0 Å². The van der Waals surface area contributed by atoms with Gasteiger partial charge in [-0.25, -0.2) is 4.79 Å².